The molecule has 3 N–H and O–H groups in total. The van der Waals surface area contributed by atoms with Crippen molar-refractivity contribution in [3.05, 3.63) is 83.3 Å². The van der Waals surface area contributed by atoms with Crippen molar-refractivity contribution in [3.8, 4) is 0 Å². The lowest BCUT2D eigenvalue weighted by molar-refractivity contribution is -0.137. The van der Waals surface area contributed by atoms with Crippen molar-refractivity contribution in [2.24, 2.45) is 0 Å². The second kappa shape index (κ2) is 15.1. The zero-order chi connectivity index (χ0) is 28.3. The van der Waals surface area contributed by atoms with E-state index in [9.17, 15) is 19.5 Å². The van der Waals surface area contributed by atoms with Gasteiger partial charge in [0.1, 0.15) is 6.04 Å². The molecule has 4 aromatic heterocycles. The number of carbonyl (C=O) groups excluding carboxylic acids is 2. The van der Waals surface area contributed by atoms with Gasteiger partial charge < -0.3 is 20.6 Å². The largest absolute Gasteiger partial charge is 0.481 e. The topological polar surface area (TPSA) is 112 Å². The maximum atomic E-state index is 13.8. The highest BCUT2D eigenvalue weighted by Gasteiger charge is 2.28. The van der Waals surface area contributed by atoms with Crippen LogP contribution in [0.4, 0.5) is 4.79 Å². The number of amides is 3. The van der Waals surface area contributed by atoms with E-state index in [1.165, 1.54) is 11.3 Å². The van der Waals surface area contributed by atoms with E-state index in [-0.39, 0.29) is 12.3 Å². The van der Waals surface area contributed by atoms with Crippen LogP contribution in [0.3, 0.4) is 0 Å². The molecular formula is C28H32N4O4S4. The van der Waals surface area contributed by atoms with Crippen LogP contribution < -0.4 is 10.6 Å². The van der Waals surface area contributed by atoms with Gasteiger partial charge in [0.05, 0.1) is 36.3 Å². The van der Waals surface area contributed by atoms with Crippen LogP contribution in [0.2, 0.25) is 0 Å². The molecule has 0 radical (unpaired) electrons. The zero-order valence-electron chi connectivity index (χ0n) is 22.1. The fourth-order valence-electron chi connectivity index (χ4n) is 4.18. The first-order valence-electron chi connectivity index (χ1n) is 13.0. The van der Waals surface area contributed by atoms with E-state index in [2.05, 4.69) is 21.0 Å². The number of aliphatic carboxylic acids is 1. The molecule has 4 aromatic rings. The SMILES string of the molecule is CCCC[C@H](NC(=O)N[C@@H](CC(=O)O)c1csc(Cc2ccsc2)n1)C(=O)N(Cc1cccs1)Cc1cccs1. The van der Waals surface area contributed by atoms with Crippen molar-refractivity contribution in [2.75, 3.05) is 0 Å². The van der Waals surface area contributed by atoms with E-state index in [0.717, 1.165) is 33.2 Å². The van der Waals surface area contributed by atoms with Gasteiger partial charge >= 0.3 is 12.0 Å². The number of nitrogens with one attached hydrogen (secondary N) is 2. The van der Waals surface area contributed by atoms with Crippen LogP contribution in [0, 0.1) is 0 Å². The third-order valence-electron chi connectivity index (χ3n) is 6.16. The molecule has 0 aromatic carbocycles. The predicted molar refractivity (Wildman–Crippen MR) is 162 cm³/mol. The molecule has 0 fully saturated rings. The molecule has 0 aliphatic carbocycles. The third-order valence-corrected chi connectivity index (χ3v) is 9.48. The predicted octanol–water partition coefficient (Wildman–Crippen LogP) is 6.52. The summed E-state index contributed by atoms with van der Waals surface area (Å²) in [7, 11) is 0. The molecule has 8 nitrogen and oxygen atoms in total. The Bertz CT molecular complexity index is 1300. The summed E-state index contributed by atoms with van der Waals surface area (Å²) in [6.45, 7) is 2.94. The minimum Gasteiger partial charge on any atom is -0.481 e. The molecular weight excluding hydrogens is 585 g/mol. The second-order valence-corrected chi connectivity index (χ2v) is 13.1. The zero-order valence-corrected chi connectivity index (χ0v) is 25.3. The third kappa shape index (κ3) is 8.98. The van der Waals surface area contributed by atoms with Gasteiger partial charge in [0, 0.05) is 21.6 Å². The van der Waals surface area contributed by atoms with E-state index in [1.54, 1.807) is 44.3 Å². The number of unbranched alkanes of at least 4 members (excludes halogenated alkanes) is 1. The number of hydrogen-bond donors (Lipinski definition) is 3. The van der Waals surface area contributed by atoms with E-state index in [1.807, 2.05) is 53.4 Å². The minimum absolute atomic E-state index is 0.160. The van der Waals surface area contributed by atoms with Gasteiger partial charge in [-0.1, -0.05) is 31.9 Å². The molecule has 212 valence electrons. The van der Waals surface area contributed by atoms with Gasteiger partial charge in [-0.25, -0.2) is 9.78 Å². The monoisotopic (exact) mass is 616 g/mol. The van der Waals surface area contributed by atoms with E-state index >= 15 is 0 Å². The first-order valence-corrected chi connectivity index (χ1v) is 16.6. The van der Waals surface area contributed by atoms with Crippen LogP contribution in [-0.2, 0) is 29.1 Å². The molecule has 0 aliphatic rings. The lowest BCUT2D eigenvalue weighted by atomic mass is 10.1. The van der Waals surface area contributed by atoms with Crippen molar-refractivity contribution < 1.29 is 19.5 Å². The number of hydrogen-bond acceptors (Lipinski definition) is 8. The normalized spacial score (nSPS) is 12.5. The van der Waals surface area contributed by atoms with E-state index in [0.29, 0.717) is 31.6 Å². The number of thiazole rings is 1. The maximum absolute atomic E-state index is 13.8. The van der Waals surface area contributed by atoms with Gasteiger partial charge in [-0.05, 0) is 51.7 Å². The Balaban J connectivity index is 1.47. The second-order valence-electron chi connectivity index (χ2n) is 9.29. The molecule has 0 saturated heterocycles. The molecule has 2 atom stereocenters. The van der Waals surface area contributed by atoms with Crippen LogP contribution in [0.1, 0.15) is 64.7 Å². The van der Waals surface area contributed by atoms with Crippen LogP contribution in [0.25, 0.3) is 0 Å². The summed E-state index contributed by atoms with van der Waals surface area (Å²) in [5.74, 6) is -1.21. The highest BCUT2D eigenvalue weighted by atomic mass is 32.1. The summed E-state index contributed by atoms with van der Waals surface area (Å²) >= 11 is 6.22. The van der Waals surface area contributed by atoms with Crippen molar-refractivity contribution in [1.29, 1.82) is 0 Å². The lowest BCUT2D eigenvalue weighted by Gasteiger charge is -2.28. The Hall–Kier alpha value is -3.06. The fourth-order valence-corrected chi connectivity index (χ4v) is 7.16. The van der Waals surface area contributed by atoms with Crippen LogP contribution >= 0.6 is 45.3 Å². The van der Waals surface area contributed by atoms with Crippen LogP contribution in [0.15, 0.2) is 57.2 Å². The molecule has 4 rings (SSSR count). The van der Waals surface area contributed by atoms with Gasteiger partial charge in [0.25, 0.3) is 0 Å². The number of thiophene rings is 3. The Kier molecular flexibility index (Phi) is 11.3. The summed E-state index contributed by atoms with van der Waals surface area (Å²) in [5, 5.41) is 25.8. The number of carboxylic acid groups (broad SMARTS) is 1. The quantitative estimate of drug-likeness (QED) is 0.141. The summed E-state index contributed by atoms with van der Waals surface area (Å²) in [4.78, 5) is 47.2. The Morgan fingerprint density at radius 1 is 0.975 bits per heavy atom. The Labute approximate surface area is 249 Å². The number of carbonyl (C=O) groups is 3. The standard InChI is InChI=1S/C28H32N4O4S4/c1-2-3-8-22(27(35)32(15-20-6-4-10-38-20)16-21-7-5-11-39-21)30-28(36)31-23(14-26(33)34)24-18-40-25(29-24)13-19-9-12-37-17-19/h4-7,9-12,17-18,22-23H,2-3,8,13-16H2,1H3,(H,33,34)(H2,30,31,36)/t22-,23-/m0/s1. The van der Waals surface area contributed by atoms with Crippen molar-refractivity contribution in [2.45, 2.75) is 64.2 Å². The molecule has 0 aliphatic heterocycles. The van der Waals surface area contributed by atoms with E-state index < -0.39 is 24.1 Å². The summed E-state index contributed by atoms with van der Waals surface area (Å²) in [6, 6.07) is 7.80. The van der Waals surface area contributed by atoms with Gasteiger partial charge in [-0.3, -0.25) is 9.59 Å². The van der Waals surface area contributed by atoms with Crippen molar-refractivity contribution in [3.63, 3.8) is 0 Å². The first-order chi connectivity index (χ1) is 19.4. The summed E-state index contributed by atoms with van der Waals surface area (Å²) < 4.78 is 0. The van der Waals surface area contributed by atoms with Gasteiger partial charge in [0.15, 0.2) is 0 Å². The number of rotatable bonds is 15. The Morgan fingerprint density at radius 3 is 2.27 bits per heavy atom. The Morgan fingerprint density at radius 2 is 1.70 bits per heavy atom. The smallest absolute Gasteiger partial charge is 0.315 e. The summed E-state index contributed by atoms with van der Waals surface area (Å²) in [5.41, 5.74) is 1.64. The maximum Gasteiger partial charge on any atom is 0.315 e. The average Bonchev–Trinajstić information content (AvgIpc) is 3.74. The van der Waals surface area contributed by atoms with Crippen LogP contribution in [0.5, 0.6) is 0 Å². The van der Waals surface area contributed by atoms with Crippen LogP contribution in [-0.4, -0.2) is 38.9 Å². The molecule has 0 bridgehead atoms. The molecule has 4 heterocycles. The number of urea groups is 1. The first kappa shape index (κ1) is 29.9. The van der Waals surface area contributed by atoms with Gasteiger partial charge in [-0.2, -0.15) is 11.3 Å². The number of aromatic nitrogens is 1. The number of carboxylic acids is 1. The molecule has 12 heteroatoms. The molecule has 3 amide bonds. The molecule has 0 saturated carbocycles. The molecule has 40 heavy (non-hydrogen) atoms. The van der Waals surface area contributed by atoms with E-state index in [4.69, 9.17) is 0 Å². The average molecular weight is 617 g/mol. The van der Waals surface area contributed by atoms with Crippen molar-refractivity contribution >= 4 is 63.3 Å². The highest BCUT2D eigenvalue weighted by Crippen LogP contribution is 2.23. The van der Waals surface area contributed by atoms with Gasteiger partial charge in [0.2, 0.25) is 5.91 Å². The van der Waals surface area contributed by atoms with Gasteiger partial charge in [-0.15, -0.1) is 34.0 Å². The molecule has 0 spiro atoms. The number of nitrogens with zero attached hydrogens (tertiary/aromatic N) is 2. The summed E-state index contributed by atoms with van der Waals surface area (Å²) in [6.07, 6.45) is 2.46. The minimum atomic E-state index is -1.05. The lowest BCUT2D eigenvalue weighted by Crippen LogP contribution is -2.51. The highest BCUT2D eigenvalue weighted by molar-refractivity contribution is 7.10. The molecule has 0 unspecified atom stereocenters. The fraction of sp³-hybridized carbons (Fsp3) is 0.357. The van der Waals surface area contributed by atoms with Crippen molar-refractivity contribution in [1.82, 2.24) is 20.5 Å².